The Balaban J connectivity index is 1.49. The summed E-state index contributed by atoms with van der Waals surface area (Å²) in [6, 6.07) is 19.5. The van der Waals surface area contributed by atoms with E-state index >= 15 is 0 Å². The molecule has 0 aliphatic carbocycles. The molecule has 2 atom stereocenters. The fourth-order valence-electron chi connectivity index (χ4n) is 3.19. The molecule has 2 aromatic rings. The normalized spacial score (nSPS) is 20.4. The smallest absolute Gasteiger partial charge is 0.258 e. The molecule has 132 valence electrons. The molecule has 0 unspecified atom stereocenters. The van der Waals surface area contributed by atoms with E-state index in [2.05, 4.69) is 22.3 Å². The molecule has 1 saturated heterocycles. The Bertz CT molecular complexity index is 663. The first-order valence-corrected chi connectivity index (χ1v) is 8.59. The Kier molecular flexibility index (Phi) is 6.04. The molecule has 0 spiro atoms. The topological polar surface area (TPSA) is 61.8 Å². The second-order valence-electron chi connectivity index (χ2n) is 6.40. The number of amides is 1. The van der Waals surface area contributed by atoms with Crippen LogP contribution in [0.15, 0.2) is 60.7 Å². The number of aliphatic hydroxyl groups is 1. The first kappa shape index (κ1) is 17.5. The minimum atomic E-state index is -0.158. The van der Waals surface area contributed by atoms with Gasteiger partial charge in [-0.05, 0) is 17.7 Å². The molecule has 3 rings (SSSR count). The number of nitrogens with one attached hydrogen (secondary N) is 1. The van der Waals surface area contributed by atoms with Gasteiger partial charge < -0.3 is 15.2 Å². The number of para-hydroxylation sites is 1. The van der Waals surface area contributed by atoms with E-state index in [4.69, 9.17) is 4.74 Å². The van der Waals surface area contributed by atoms with Gasteiger partial charge in [-0.3, -0.25) is 9.69 Å². The molecule has 25 heavy (non-hydrogen) atoms. The van der Waals surface area contributed by atoms with E-state index in [1.54, 1.807) is 0 Å². The number of ether oxygens (including phenoxy) is 1. The van der Waals surface area contributed by atoms with Crippen LogP contribution in [0.3, 0.4) is 0 Å². The van der Waals surface area contributed by atoms with Gasteiger partial charge in [-0.2, -0.15) is 0 Å². The summed E-state index contributed by atoms with van der Waals surface area (Å²) in [5.41, 5.74) is 1.23. The first-order valence-electron chi connectivity index (χ1n) is 8.59. The fraction of sp³-hybridized carbons (Fsp3) is 0.350. The van der Waals surface area contributed by atoms with Crippen molar-refractivity contribution >= 4 is 5.91 Å². The molecule has 0 radical (unpaired) electrons. The van der Waals surface area contributed by atoms with Gasteiger partial charge in [0.2, 0.25) is 0 Å². The number of benzene rings is 2. The molecule has 1 amide bonds. The van der Waals surface area contributed by atoms with E-state index in [1.807, 2.05) is 48.5 Å². The SMILES string of the molecule is O=C(COc1ccccc1)N[C@@H]1CN(Cc2ccccc2)C[C@H]1CO. The van der Waals surface area contributed by atoms with Crippen LogP contribution in [0.25, 0.3) is 0 Å². The van der Waals surface area contributed by atoms with Crippen molar-refractivity contribution in [1.29, 1.82) is 0 Å². The summed E-state index contributed by atoms with van der Waals surface area (Å²) in [5.74, 6) is 0.562. The van der Waals surface area contributed by atoms with Crippen LogP contribution in [-0.2, 0) is 11.3 Å². The largest absolute Gasteiger partial charge is 0.484 e. The van der Waals surface area contributed by atoms with Crippen LogP contribution in [0.4, 0.5) is 0 Å². The average molecular weight is 340 g/mol. The standard InChI is InChI=1S/C20H24N2O3/c23-14-17-12-22(11-16-7-3-1-4-8-16)13-19(17)21-20(24)15-25-18-9-5-2-6-10-18/h1-10,17,19,23H,11-15H2,(H,21,24)/t17-,19+/m0/s1. The summed E-state index contributed by atoms with van der Waals surface area (Å²) in [4.78, 5) is 14.4. The maximum atomic E-state index is 12.2. The highest BCUT2D eigenvalue weighted by Gasteiger charge is 2.33. The molecule has 0 saturated carbocycles. The molecule has 1 heterocycles. The number of hydrogen-bond donors (Lipinski definition) is 2. The summed E-state index contributed by atoms with van der Waals surface area (Å²) >= 11 is 0. The zero-order valence-electron chi connectivity index (χ0n) is 14.2. The maximum absolute atomic E-state index is 12.2. The van der Waals surface area contributed by atoms with Gasteiger partial charge in [0.05, 0.1) is 0 Å². The quantitative estimate of drug-likeness (QED) is 0.805. The Morgan fingerprint density at radius 1 is 1.08 bits per heavy atom. The second-order valence-corrected chi connectivity index (χ2v) is 6.40. The van der Waals surface area contributed by atoms with E-state index in [-0.39, 0.29) is 31.1 Å². The molecule has 0 bridgehead atoms. The zero-order valence-corrected chi connectivity index (χ0v) is 14.2. The number of nitrogens with zero attached hydrogens (tertiary/aromatic N) is 1. The van der Waals surface area contributed by atoms with Crippen LogP contribution in [0, 0.1) is 5.92 Å². The molecular formula is C20H24N2O3. The van der Waals surface area contributed by atoms with E-state index in [0.717, 1.165) is 19.6 Å². The number of rotatable bonds is 7. The lowest BCUT2D eigenvalue weighted by molar-refractivity contribution is -0.124. The molecule has 0 aromatic heterocycles. The van der Waals surface area contributed by atoms with Crippen molar-refractivity contribution in [3.8, 4) is 5.75 Å². The third kappa shape index (κ3) is 5.05. The fourth-order valence-corrected chi connectivity index (χ4v) is 3.19. The monoisotopic (exact) mass is 340 g/mol. The van der Waals surface area contributed by atoms with Crippen molar-refractivity contribution in [3.05, 3.63) is 66.2 Å². The second kappa shape index (κ2) is 8.65. The lowest BCUT2D eigenvalue weighted by Crippen LogP contribution is -2.43. The molecule has 1 fully saturated rings. The predicted molar refractivity (Wildman–Crippen MR) is 96.2 cm³/mol. The van der Waals surface area contributed by atoms with Crippen molar-refractivity contribution in [2.75, 3.05) is 26.3 Å². The van der Waals surface area contributed by atoms with Crippen LogP contribution in [-0.4, -0.2) is 48.3 Å². The molecule has 1 aliphatic rings. The average Bonchev–Trinajstić information content (AvgIpc) is 3.03. The van der Waals surface area contributed by atoms with Gasteiger partial charge >= 0.3 is 0 Å². The number of hydrogen-bond acceptors (Lipinski definition) is 4. The van der Waals surface area contributed by atoms with E-state index in [1.165, 1.54) is 5.56 Å². The minimum absolute atomic E-state index is 0.0165. The van der Waals surface area contributed by atoms with Crippen LogP contribution < -0.4 is 10.1 Å². The summed E-state index contributed by atoms with van der Waals surface area (Å²) in [6.07, 6.45) is 0. The summed E-state index contributed by atoms with van der Waals surface area (Å²) in [5, 5.41) is 12.6. The summed E-state index contributed by atoms with van der Waals surface area (Å²) in [6.45, 7) is 2.38. The highest BCUT2D eigenvalue weighted by atomic mass is 16.5. The Morgan fingerprint density at radius 2 is 1.76 bits per heavy atom. The minimum Gasteiger partial charge on any atom is -0.484 e. The first-order chi connectivity index (χ1) is 12.2. The molecule has 1 aliphatic heterocycles. The van der Waals surface area contributed by atoms with Crippen molar-refractivity contribution < 1.29 is 14.6 Å². The Hall–Kier alpha value is -2.37. The summed E-state index contributed by atoms with van der Waals surface area (Å²) in [7, 11) is 0. The van der Waals surface area contributed by atoms with E-state index in [9.17, 15) is 9.90 Å². The number of carbonyl (C=O) groups excluding carboxylic acids is 1. The molecule has 2 aromatic carbocycles. The van der Waals surface area contributed by atoms with Gasteiger partial charge in [-0.15, -0.1) is 0 Å². The lowest BCUT2D eigenvalue weighted by atomic mass is 10.1. The molecule has 5 heteroatoms. The van der Waals surface area contributed by atoms with Crippen LogP contribution in [0.5, 0.6) is 5.75 Å². The van der Waals surface area contributed by atoms with Crippen LogP contribution in [0.2, 0.25) is 0 Å². The van der Waals surface area contributed by atoms with Gasteiger partial charge in [0.1, 0.15) is 5.75 Å². The number of likely N-dealkylation sites (tertiary alicyclic amines) is 1. The van der Waals surface area contributed by atoms with Crippen molar-refractivity contribution in [2.24, 2.45) is 5.92 Å². The van der Waals surface area contributed by atoms with Crippen molar-refractivity contribution in [3.63, 3.8) is 0 Å². The molecule has 2 N–H and O–H groups in total. The third-order valence-corrected chi connectivity index (χ3v) is 4.46. The van der Waals surface area contributed by atoms with Gasteiger partial charge in [-0.1, -0.05) is 48.5 Å². The number of aliphatic hydroxyl groups excluding tert-OH is 1. The number of carbonyl (C=O) groups is 1. The maximum Gasteiger partial charge on any atom is 0.258 e. The van der Waals surface area contributed by atoms with Gasteiger partial charge in [-0.25, -0.2) is 0 Å². The highest BCUT2D eigenvalue weighted by molar-refractivity contribution is 5.78. The zero-order chi connectivity index (χ0) is 17.5. The molecule has 5 nitrogen and oxygen atoms in total. The van der Waals surface area contributed by atoms with Gasteiger partial charge in [0.15, 0.2) is 6.61 Å². The summed E-state index contributed by atoms with van der Waals surface area (Å²) < 4.78 is 5.48. The Labute approximate surface area is 148 Å². The van der Waals surface area contributed by atoms with Gasteiger partial charge in [0, 0.05) is 38.2 Å². The molecular weight excluding hydrogens is 316 g/mol. The van der Waals surface area contributed by atoms with Crippen molar-refractivity contribution in [2.45, 2.75) is 12.6 Å². The highest BCUT2D eigenvalue weighted by Crippen LogP contribution is 2.19. The van der Waals surface area contributed by atoms with Crippen LogP contribution >= 0.6 is 0 Å². The van der Waals surface area contributed by atoms with Gasteiger partial charge in [0.25, 0.3) is 5.91 Å². The lowest BCUT2D eigenvalue weighted by Gasteiger charge is -2.18. The van der Waals surface area contributed by atoms with E-state index < -0.39 is 0 Å². The van der Waals surface area contributed by atoms with Crippen molar-refractivity contribution in [1.82, 2.24) is 10.2 Å². The third-order valence-electron chi connectivity index (χ3n) is 4.46. The predicted octanol–water partition coefficient (Wildman–Crippen LogP) is 1.67. The Morgan fingerprint density at radius 3 is 2.44 bits per heavy atom. The van der Waals surface area contributed by atoms with Crippen LogP contribution in [0.1, 0.15) is 5.56 Å². The van der Waals surface area contributed by atoms with E-state index in [0.29, 0.717) is 5.75 Å².